The second-order valence-corrected chi connectivity index (χ2v) is 12.0. The Bertz CT molecular complexity index is 1270. The fraction of sp³-hybridized carbons (Fsp3) is 0.514. The maximum atomic E-state index is 13.8. The Balaban J connectivity index is 1.84. The zero-order valence-electron chi connectivity index (χ0n) is 27.2. The van der Waals surface area contributed by atoms with Gasteiger partial charge >= 0.3 is 6.09 Å². The number of benzene rings is 2. The van der Waals surface area contributed by atoms with Crippen molar-refractivity contribution in [3.63, 3.8) is 0 Å². The van der Waals surface area contributed by atoms with Gasteiger partial charge in [0.25, 0.3) is 0 Å². The highest BCUT2D eigenvalue weighted by atomic mass is 16.6. The maximum Gasteiger partial charge on any atom is 0.408 e. The Hall–Kier alpha value is -4.05. The van der Waals surface area contributed by atoms with Crippen LogP contribution in [-0.2, 0) is 27.3 Å². The zero-order chi connectivity index (χ0) is 32.8. The minimum atomic E-state index is -0.855. The van der Waals surface area contributed by atoms with Crippen LogP contribution in [-0.4, -0.2) is 74.0 Å². The largest absolute Gasteiger partial charge is 0.497 e. The van der Waals surface area contributed by atoms with E-state index >= 15 is 0 Å². The Morgan fingerprint density at radius 1 is 1.07 bits per heavy atom. The molecule has 1 aliphatic heterocycles. The van der Waals surface area contributed by atoms with Crippen LogP contribution >= 0.6 is 0 Å². The van der Waals surface area contributed by atoms with Gasteiger partial charge in [-0.1, -0.05) is 56.3 Å². The number of nitrogens with one attached hydrogen (secondary N) is 2. The predicted molar refractivity (Wildman–Crippen MR) is 173 cm³/mol. The highest BCUT2D eigenvalue weighted by Crippen LogP contribution is 2.27. The monoisotopic (exact) mass is 623 g/mol. The van der Waals surface area contributed by atoms with Crippen LogP contribution in [0.1, 0.15) is 57.1 Å². The van der Waals surface area contributed by atoms with Crippen molar-refractivity contribution in [3.8, 4) is 11.5 Å². The highest BCUT2D eigenvalue weighted by Gasteiger charge is 2.30. The number of alkyl carbamates (subject to hydrolysis) is 1. The first-order valence-corrected chi connectivity index (χ1v) is 15.7. The van der Waals surface area contributed by atoms with Crippen molar-refractivity contribution in [2.75, 3.05) is 27.9 Å². The molecule has 0 saturated heterocycles. The van der Waals surface area contributed by atoms with E-state index < -0.39 is 36.1 Å². The summed E-state index contributed by atoms with van der Waals surface area (Å²) in [5.74, 6) is 0.327. The maximum absolute atomic E-state index is 13.8. The summed E-state index contributed by atoms with van der Waals surface area (Å²) >= 11 is 0. The molecule has 45 heavy (non-hydrogen) atoms. The lowest BCUT2D eigenvalue weighted by atomic mass is 9.93. The number of hydrogen-bond donors (Lipinski definition) is 3. The van der Waals surface area contributed by atoms with Crippen molar-refractivity contribution >= 4 is 17.9 Å². The van der Waals surface area contributed by atoms with Crippen LogP contribution in [0, 0.1) is 11.8 Å². The number of hydrogen-bond acceptors (Lipinski definition) is 7. The van der Waals surface area contributed by atoms with Crippen LogP contribution in [0.3, 0.4) is 0 Å². The fourth-order valence-corrected chi connectivity index (χ4v) is 5.52. The Morgan fingerprint density at radius 3 is 2.49 bits per heavy atom. The van der Waals surface area contributed by atoms with Gasteiger partial charge in [0, 0.05) is 37.6 Å². The van der Waals surface area contributed by atoms with Crippen LogP contribution in [0.15, 0.2) is 60.7 Å². The van der Waals surface area contributed by atoms with E-state index in [1.807, 2.05) is 68.5 Å². The lowest BCUT2D eigenvalue weighted by molar-refractivity contribution is -0.135. The van der Waals surface area contributed by atoms with Gasteiger partial charge in [-0.15, -0.1) is 0 Å². The molecular formula is C35H49N3O7. The zero-order valence-corrected chi connectivity index (χ0v) is 27.2. The molecule has 0 spiro atoms. The average Bonchev–Trinajstić information content (AvgIpc) is 3.02. The summed E-state index contributed by atoms with van der Waals surface area (Å²) in [6.07, 6.45) is 5.70. The van der Waals surface area contributed by atoms with Gasteiger partial charge in [-0.2, -0.15) is 0 Å². The van der Waals surface area contributed by atoms with Crippen molar-refractivity contribution in [3.05, 3.63) is 71.8 Å². The number of carbonyl (C=O) groups is 3. The molecule has 0 fully saturated rings. The van der Waals surface area contributed by atoms with E-state index in [-0.39, 0.29) is 24.9 Å². The third kappa shape index (κ3) is 11.4. The van der Waals surface area contributed by atoms with E-state index in [0.29, 0.717) is 50.1 Å². The van der Waals surface area contributed by atoms with Crippen LogP contribution in [0.4, 0.5) is 4.79 Å². The van der Waals surface area contributed by atoms with Gasteiger partial charge in [0.05, 0.1) is 26.9 Å². The fourth-order valence-electron chi connectivity index (χ4n) is 5.52. The van der Waals surface area contributed by atoms with Gasteiger partial charge in [-0.25, -0.2) is 4.79 Å². The molecule has 0 radical (unpaired) electrons. The molecule has 2 aromatic carbocycles. The normalized spacial score (nSPS) is 22.2. The summed E-state index contributed by atoms with van der Waals surface area (Å²) in [7, 11) is 4.89. The molecular weight excluding hydrogens is 574 g/mol. The second kappa shape index (κ2) is 18.0. The summed E-state index contributed by atoms with van der Waals surface area (Å²) < 4.78 is 16.7. The van der Waals surface area contributed by atoms with Crippen LogP contribution in [0.2, 0.25) is 0 Å². The van der Waals surface area contributed by atoms with Gasteiger partial charge in [0.15, 0.2) is 0 Å². The van der Waals surface area contributed by atoms with E-state index in [1.165, 1.54) is 0 Å². The number of nitrogens with zero attached hydrogens (tertiary/aromatic N) is 1. The van der Waals surface area contributed by atoms with E-state index in [9.17, 15) is 19.5 Å². The lowest BCUT2D eigenvalue weighted by Crippen LogP contribution is -2.52. The Kier molecular flexibility index (Phi) is 14.2. The van der Waals surface area contributed by atoms with E-state index in [2.05, 4.69) is 10.6 Å². The number of methoxy groups -OCH3 is 2. The minimum Gasteiger partial charge on any atom is -0.497 e. The average molecular weight is 624 g/mol. The summed E-state index contributed by atoms with van der Waals surface area (Å²) in [5.41, 5.74) is 1.87. The molecule has 246 valence electrons. The van der Waals surface area contributed by atoms with Crippen molar-refractivity contribution < 1.29 is 33.7 Å². The van der Waals surface area contributed by atoms with Gasteiger partial charge in [-0.3, -0.25) is 9.59 Å². The smallest absolute Gasteiger partial charge is 0.408 e. The van der Waals surface area contributed by atoms with Crippen LogP contribution in [0.5, 0.6) is 11.5 Å². The number of cyclic esters (lactones) is 1. The topological polar surface area (TPSA) is 126 Å². The first kappa shape index (κ1) is 35.4. The number of rotatable bonds is 10. The molecule has 3 rings (SSSR count). The molecule has 3 amide bonds. The first-order valence-electron chi connectivity index (χ1n) is 15.7. The molecule has 4 atom stereocenters. The third-order valence-electron chi connectivity index (χ3n) is 7.90. The molecule has 1 aliphatic rings. The molecule has 2 aromatic rings. The van der Waals surface area contributed by atoms with Crippen molar-refractivity contribution in [2.45, 2.75) is 77.1 Å². The van der Waals surface area contributed by atoms with Crippen LogP contribution < -0.4 is 20.1 Å². The van der Waals surface area contributed by atoms with Gasteiger partial charge < -0.3 is 34.9 Å². The molecule has 0 saturated carbocycles. The quantitative estimate of drug-likeness (QED) is 0.329. The molecule has 0 bridgehead atoms. The Morgan fingerprint density at radius 2 is 1.82 bits per heavy atom. The first-order chi connectivity index (χ1) is 21.6. The highest BCUT2D eigenvalue weighted by molar-refractivity contribution is 5.86. The molecule has 10 nitrogen and oxygen atoms in total. The number of ether oxygens (including phenoxy) is 3. The van der Waals surface area contributed by atoms with Crippen LogP contribution in [0.25, 0.3) is 0 Å². The molecule has 3 N–H and O–H groups in total. The second-order valence-electron chi connectivity index (χ2n) is 12.0. The molecule has 0 aliphatic carbocycles. The molecule has 0 aromatic heterocycles. The van der Waals surface area contributed by atoms with Crippen molar-refractivity contribution in [1.82, 2.24) is 15.5 Å². The third-order valence-corrected chi connectivity index (χ3v) is 7.90. The summed E-state index contributed by atoms with van der Waals surface area (Å²) in [6.45, 7) is 3.88. The van der Waals surface area contributed by atoms with Gasteiger partial charge in [0.1, 0.15) is 23.6 Å². The summed E-state index contributed by atoms with van der Waals surface area (Å²) in [6, 6.07) is 13.7. The summed E-state index contributed by atoms with van der Waals surface area (Å²) in [5, 5.41) is 15.9. The van der Waals surface area contributed by atoms with E-state index in [4.69, 9.17) is 14.2 Å². The Labute approximate surface area is 267 Å². The number of allylic oxidation sites excluding steroid dienone is 2. The lowest BCUT2D eigenvalue weighted by Gasteiger charge is -2.28. The molecule has 1 heterocycles. The van der Waals surface area contributed by atoms with Gasteiger partial charge in [-0.05, 0) is 55.7 Å². The number of aliphatic hydroxyl groups is 1. The number of aliphatic hydroxyl groups excluding tert-OH is 1. The molecule has 2 unspecified atom stereocenters. The minimum absolute atomic E-state index is 0.109. The SMILES string of the molecule is COc1ccc(CN(C)C(=O)C2C/C=C\CCC(Cc3ccccc3)OC(=O)N[C@@H](CC(C)C)C(=O)N[C@H](CO)C2)c(OC)c1. The van der Waals surface area contributed by atoms with Crippen molar-refractivity contribution in [1.29, 1.82) is 0 Å². The van der Waals surface area contributed by atoms with E-state index in [0.717, 1.165) is 11.1 Å². The molecule has 10 heteroatoms. The standard InChI is InChI=1S/C35H49N3O7/c1-24(2)18-31-33(40)36-28(23-39)20-26(34(41)38(3)22-27-16-17-29(43-4)21-32(27)44-5)14-10-7-11-15-30(45-35(42)37-31)19-25-12-8-6-9-13-25/h6-10,12-13,16-17,21,24,26,28,30-31,39H,11,14-15,18-20,22-23H2,1-5H3,(H,36,40)(H,37,42)/b10-7-/t26?,28-,30?,31-/m0/s1. The summed E-state index contributed by atoms with van der Waals surface area (Å²) in [4.78, 5) is 41.9. The predicted octanol–water partition coefficient (Wildman–Crippen LogP) is 4.64. The number of amides is 3. The van der Waals surface area contributed by atoms with Gasteiger partial charge in [0.2, 0.25) is 11.8 Å². The van der Waals surface area contributed by atoms with Crippen molar-refractivity contribution in [2.24, 2.45) is 11.8 Å². The number of carbonyl (C=O) groups excluding carboxylic acids is 3. The van der Waals surface area contributed by atoms with E-state index in [1.54, 1.807) is 32.2 Å².